The average Bonchev–Trinajstić information content (AvgIpc) is 2.64. The van der Waals surface area contributed by atoms with E-state index in [1.807, 2.05) is 36.4 Å². The zero-order valence-corrected chi connectivity index (χ0v) is 17.2. The van der Waals surface area contributed by atoms with Crippen LogP contribution in [-0.4, -0.2) is 11.7 Å². The Morgan fingerprint density at radius 3 is 2.41 bits per heavy atom. The summed E-state index contributed by atoms with van der Waals surface area (Å²) in [4.78, 5) is 27.9. The third kappa shape index (κ3) is 3.27. The van der Waals surface area contributed by atoms with Gasteiger partial charge >= 0.3 is 0 Å². The topological polar surface area (TPSA) is 37.4 Å². The molecule has 27 heavy (non-hydrogen) atoms. The number of amides is 1. The van der Waals surface area contributed by atoms with E-state index in [1.165, 1.54) is 5.56 Å². The largest absolute Gasteiger partial charge is 0.294 e. The summed E-state index contributed by atoms with van der Waals surface area (Å²) in [7, 11) is 0. The van der Waals surface area contributed by atoms with Gasteiger partial charge in [0.15, 0.2) is 5.78 Å². The first-order valence-electron chi connectivity index (χ1n) is 9.37. The van der Waals surface area contributed by atoms with E-state index >= 15 is 0 Å². The van der Waals surface area contributed by atoms with Gasteiger partial charge in [0.05, 0.1) is 0 Å². The molecule has 1 aliphatic carbocycles. The van der Waals surface area contributed by atoms with Crippen molar-refractivity contribution in [1.29, 1.82) is 0 Å². The van der Waals surface area contributed by atoms with Gasteiger partial charge in [-0.2, -0.15) is 0 Å². The van der Waals surface area contributed by atoms with Crippen molar-refractivity contribution in [1.82, 2.24) is 0 Å². The first-order chi connectivity index (χ1) is 13.0. The Morgan fingerprint density at radius 1 is 0.963 bits per heavy atom. The number of carbonyl (C=O) groups excluding carboxylic acids is 2. The molecule has 0 spiro atoms. The SMILES string of the molecule is Cc1ccc(N2C(=O)CC(c3ccc(Br)cc3)C3=C2CCCC3=O)cc1C. The Morgan fingerprint density at radius 2 is 1.70 bits per heavy atom. The zero-order valence-electron chi connectivity index (χ0n) is 15.6. The van der Waals surface area contributed by atoms with E-state index in [2.05, 4.69) is 35.8 Å². The number of anilines is 1. The highest BCUT2D eigenvalue weighted by molar-refractivity contribution is 9.10. The zero-order chi connectivity index (χ0) is 19.1. The maximum Gasteiger partial charge on any atom is 0.232 e. The number of Topliss-reactive ketones (excluding diaryl/α,β-unsaturated/α-hetero) is 1. The first kappa shape index (κ1) is 18.2. The molecule has 0 aromatic heterocycles. The van der Waals surface area contributed by atoms with Crippen LogP contribution >= 0.6 is 15.9 Å². The van der Waals surface area contributed by atoms with Crippen molar-refractivity contribution < 1.29 is 9.59 Å². The minimum atomic E-state index is -0.142. The Labute approximate surface area is 168 Å². The van der Waals surface area contributed by atoms with Crippen LogP contribution in [0, 0.1) is 13.8 Å². The number of ketones is 1. The number of rotatable bonds is 2. The molecule has 1 atom stereocenters. The molecule has 0 fully saturated rings. The molecule has 4 heteroatoms. The standard InChI is InChI=1S/C23H22BrNO2/c1-14-6-11-18(12-15(14)2)25-20-4-3-5-21(26)23(20)19(13-22(25)27)16-7-9-17(24)10-8-16/h6-12,19H,3-5,13H2,1-2H3. The lowest BCUT2D eigenvalue weighted by Crippen LogP contribution is -2.40. The van der Waals surface area contributed by atoms with E-state index in [-0.39, 0.29) is 17.6 Å². The van der Waals surface area contributed by atoms with Gasteiger partial charge in [0.1, 0.15) is 0 Å². The van der Waals surface area contributed by atoms with E-state index < -0.39 is 0 Å². The Kier molecular flexibility index (Phi) is 4.77. The molecule has 1 heterocycles. The monoisotopic (exact) mass is 423 g/mol. The summed E-state index contributed by atoms with van der Waals surface area (Å²) in [6.07, 6.45) is 2.48. The van der Waals surface area contributed by atoms with Crippen LogP contribution in [0.4, 0.5) is 5.69 Å². The molecule has 4 rings (SSSR count). The minimum absolute atomic E-state index is 0.0691. The maximum atomic E-state index is 13.2. The van der Waals surface area contributed by atoms with Gasteiger partial charge < -0.3 is 0 Å². The van der Waals surface area contributed by atoms with Gasteiger partial charge in [0.25, 0.3) is 0 Å². The molecule has 0 saturated carbocycles. The predicted octanol–water partition coefficient (Wildman–Crippen LogP) is 5.59. The average molecular weight is 424 g/mol. The number of halogens is 1. The van der Waals surface area contributed by atoms with Crippen LogP contribution in [-0.2, 0) is 9.59 Å². The van der Waals surface area contributed by atoms with Crippen LogP contribution in [0.5, 0.6) is 0 Å². The molecular weight excluding hydrogens is 402 g/mol. The Bertz CT molecular complexity index is 959. The molecule has 1 aliphatic heterocycles. The third-order valence-corrected chi connectivity index (χ3v) is 6.22. The number of benzene rings is 2. The van der Waals surface area contributed by atoms with Gasteiger partial charge in [-0.15, -0.1) is 0 Å². The van der Waals surface area contributed by atoms with Crippen molar-refractivity contribution in [3.05, 3.63) is 74.9 Å². The molecule has 2 aliphatic rings. The van der Waals surface area contributed by atoms with E-state index in [0.29, 0.717) is 12.8 Å². The highest BCUT2D eigenvalue weighted by Crippen LogP contribution is 2.43. The number of hydrogen-bond acceptors (Lipinski definition) is 2. The quantitative estimate of drug-likeness (QED) is 0.630. The van der Waals surface area contributed by atoms with Crippen LogP contribution in [0.2, 0.25) is 0 Å². The van der Waals surface area contributed by atoms with Crippen molar-refractivity contribution in [3.8, 4) is 0 Å². The summed E-state index contributed by atoms with van der Waals surface area (Å²) in [6, 6.07) is 14.1. The van der Waals surface area contributed by atoms with Crippen molar-refractivity contribution in [3.63, 3.8) is 0 Å². The highest BCUT2D eigenvalue weighted by atomic mass is 79.9. The molecule has 138 valence electrons. The van der Waals surface area contributed by atoms with Crippen LogP contribution < -0.4 is 4.90 Å². The Hall–Kier alpha value is -2.20. The second-order valence-corrected chi connectivity index (χ2v) is 8.36. The Balaban J connectivity index is 1.85. The van der Waals surface area contributed by atoms with Crippen LogP contribution in [0.3, 0.4) is 0 Å². The molecule has 3 nitrogen and oxygen atoms in total. The predicted molar refractivity (Wildman–Crippen MR) is 111 cm³/mol. The molecule has 0 bridgehead atoms. The molecule has 2 aromatic carbocycles. The molecule has 0 radical (unpaired) electrons. The summed E-state index contributed by atoms with van der Waals surface area (Å²) in [5.41, 5.74) is 6.00. The lowest BCUT2D eigenvalue weighted by Gasteiger charge is -2.38. The summed E-state index contributed by atoms with van der Waals surface area (Å²) in [6.45, 7) is 4.12. The second-order valence-electron chi connectivity index (χ2n) is 7.44. The van der Waals surface area contributed by atoms with Gasteiger partial charge in [0.2, 0.25) is 5.91 Å². The van der Waals surface area contributed by atoms with Crippen molar-refractivity contribution in [2.45, 2.75) is 45.4 Å². The van der Waals surface area contributed by atoms with Gasteiger partial charge in [-0.3, -0.25) is 14.5 Å². The van der Waals surface area contributed by atoms with E-state index in [1.54, 1.807) is 4.90 Å². The molecular formula is C23H22BrNO2. The van der Waals surface area contributed by atoms with E-state index in [0.717, 1.165) is 45.4 Å². The smallest absolute Gasteiger partial charge is 0.232 e. The van der Waals surface area contributed by atoms with Gasteiger partial charge in [-0.1, -0.05) is 34.1 Å². The fourth-order valence-corrected chi connectivity index (χ4v) is 4.40. The molecule has 0 N–H and O–H groups in total. The maximum absolute atomic E-state index is 13.2. The summed E-state index contributed by atoms with van der Waals surface area (Å²) in [5, 5.41) is 0. The van der Waals surface area contributed by atoms with Gasteiger partial charge in [-0.25, -0.2) is 0 Å². The number of carbonyl (C=O) groups is 2. The number of hydrogen-bond donors (Lipinski definition) is 0. The minimum Gasteiger partial charge on any atom is -0.294 e. The fraction of sp³-hybridized carbons (Fsp3) is 0.304. The highest BCUT2D eigenvalue weighted by Gasteiger charge is 2.39. The van der Waals surface area contributed by atoms with E-state index in [4.69, 9.17) is 0 Å². The first-order valence-corrected chi connectivity index (χ1v) is 10.2. The van der Waals surface area contributed by atoms with Crippen LogP contribution in [0.25, 0.3) is 0 Å². The molecule has 1 amide bonds. The molecule has 2 aromatic rings. The van der Waals surface area contributed by atoms with Gasteiger partial charge in [0, 0.05) is 40.2 Å². The number of allylic oxidation sites excluding steroid dienone is 2. The molecule has 1 unspecified atom stereocenters. The van der Waals surface area contributed by atoms with Crippen molar-refractivity contribution in [2.75, 3.05) is 4.90 Å². The normalized spacial score (nSPS) is 20.1. The third-order valence-electron chi connectivity index (χ3n) is 5.70. The lowest BCUT2D eigenvalue weighted by atomic mass is 9.77. The molecule has 0 saturated heterocycles. The summed E-state index contributed by atoms with van der Waals surface area (Å²) < 4.78 is 0.995. The van der Waals surface area contributed by atoms with Crippen LogP contribution in [0.15, 0.2) is 58.2 Å². The summed E-state index contributed by atoms with van der Waals surface area (Å²) in [5.74, 6) is 0.112. The fourth-order valence-electron chi connectivity index (χ4n) is 4.14. The van der Waals surface area contributed by atoms with Crippen molar-refractivity contribution >= 4 is 33.3 Å². The lowest BCUT2D eigenvalue weighted by molar-refractivity contribution is -0.119. The number of aryl methyl sites for hydroxylation is 2. The number of nitrogens with zero attached hydrogens (tertiary/aromatic N) is 1. The van der Waals surface area contributed by atoms with Crippen molar-refractivity contribution in [2.24, 2.45) is 0 Å². The van der Waals surface area contributed by atoms with E-state index in [9.17, 15) is 9.59 Å². The summed E-state index contributed by atoms with van der Waals surface area (Å²) >= 11 is 3.46. The second kappa shape index (κ2) is 7.08. The van der Waals surface area contributed by atoms with Gasteiger partial charge in [-0.05, 0) is 67.6 Å². The van der Waals surface area contributed by atoms with Crippen LogP contribution in [0.1, 0.15) is 48.3 Å².